The largest absolute Gasteiger partial charge is 0.457 e. The first-order valence-corrected chi connectivity index (χ1v) is 14.7. The molecular formula is C32H35N9O2. The first kappa shape index (κ1) is 27.1. The van der Waals surface area contributed by atoms with Crippen LogP contribution in [0.5, 0.6) is 11.5 Å². The number of nitrogens with zero attached hydrogens (tertiary/aromatic N) is 8. The van der Waals surface area contributed by atoms with Gasteiger partial charge >= 0.3 is 0 Å². The molecule has 2 saturated heterocycles. The molecule has 11 nitrogen and oxygen atoms in total. The fourth-order valence-electron chi connectivity index (χ4n) is 6.61. The zero-order chi connectivity index (χ0) is 29.5. The monoisotopic (exact) mass is 577 g/mol. The molecule has 2 bridgehead atoms. The van der Waals surface area contributed by atoms with Gasteiger partial charge in [0.05, 0.1) is 0 Å². The van der Waals surface area contributed by atoms with Gasteiger partial charge in [0, 0.05) is 48.9 Å². The van der Waals surface area contributed by atoms with Crippen LogP contribution in [0.4, 0.5) is 11.5 Å². The van der Waals surface area contributed by atoms with Crippen molar-refractivity contribution in [2.75, 3.05) is 26.0 Å². The number of aromatic nitrogens is 6. The van der Waals surface area contributed by atoms with E-state index in [4.69, 9.17) is 4.74 Å². The van der Waals surface area contributed by atoms with E-state index in [0.29, 0.717) is 11.7 Å². The van der Waals surface area contributed by atoms with Crippen molar-refractivity contribution < 1.29 is 9.53 Å². The van der Waals surface area contributed by atoms with Crippen molar-refractivity contribution in [3.05, 3.63) is 84.7 Å². The number of hydrogen-bond acceptors (Lipinski definition) is 8. The van der Waals surface area contributed by atoms with Crippen molar-refractivity contribution >= 4 is 28.6 Å². The van der Waals surface area contributed by atoms with Gasteiger partial charge in [0.2, 0.25) is 5.91 Å². The first-order chi connectivity index (χ1) is 20.9. The summed E-state index contributed by atoms with van der Waals surface area (Å²) >= 11 is 0. The highest BCUT2D eigenvalue weighted by molar-refractivity contribution is 5.88. The quantitative estimate of drug-likeness (QED) is 0.258. The van der Waals surface area contributed by atoms with E-state index in [2.05, 4.69) is 47.4 Å². The number of carbonyl (C=O) groups excluding carboxylic acids is 1. The number of benzene rings is 1. The van der Waals surface area contributed by atoms with Crippen LogP contribution in [-0.4, -0.2) is 77.6 Å². The van der Waals surface area contributed by atoms with Gasteiger partial charge < -0.3 is 19.9 Å². The fraction of sp³-hybridized carbons (Fsp3) is 0.344. The highest BCUT2D eigenvalue weighted by atomic mass is 16.5. The van der Waals surface area contributed by atoms with E-state index in [1.807, 2.05) is 68.3 Å². The molecule has 0 spiro atoms. The van der Waals surface area contributed by atoms with Crippen molar-refractivity contribution in [3.63, 3.8) is 0 Å². The molecule has 0 radical (unpaired) electrons. The Morgan fingerprint density at radius 2 is 1.79 bits per heavy atom. The number of rotatable bonds is 8. The van der Waals surface area contributed by atoms with Crippen LogP contribution >= 0.6 is 0 Å². The number of pyridine rings is 1. The third-order valence-electron chi connectivity index (χ3n) is 8.56. The van der Waals surface area contributed by atoms with Crippen molar-refractivity contribution in [2.45, 2.75) is 50.6 Å². The van der Waals surface area contributed by atoms with Gasteiger partial charge in [-0.3, -0.25) is 4.79 Å². The average Bonchev–Trinajstić information content (AvgIpc) is 3.70. The van der Waals surface area contributed by atoms with E-state index in [0.717, 1.165) is 66.2 Å². The van der Waals surface area contributed by atoms with Crippen LogP contribution in [0.15, 0.2) is 73.6 Å². The number of carbonyl (C=O) groups is 1. The summed E-state index contributed by atoms with van der Waals surface area (Å²) in [4.78, 5) is 26.1. The second kappa shape index (κ2) is 11.1. The Balaban J connectivity index is 1.09. The summed E-state index contributed by atoms with van der Waals surface area (Å²) in [6.45, 7) is 2.79. The average molecular weight is 578 g/mol. The van der Waals surface area contributed by atoms with E-state index in [1.165, 1.54) is 11.9 Å². The molecule has 7 rings (SSSR count). The summed E-state index contributed by atoms with van der Waals surface area (Å²) in [7, 11) is 4.01. The minimum absolute atomic E-state index is 0.141. The van der Waals surface area contributed by atoms with E-state index < -0.39 is 0 Å². The molecular weight excluding hydrogens is 542 g/mol. The third kappa shape index (κ3) is 5.32. The molecule has 2 fully saturated rings. The molecule has 0 aliphatic carbocycles. The predicted molar refractivity (Wildman–Crippen MR) is 164 cm³/mol. The Morgan fingerprint density at radius 1 is 1.02 bits per heavy atom. The van der Waals surface area contributed by atoms with Crippen LogP contribution in [-0.2, 0) is 4.79 Å². The van der Waals surface area contributed by atoms with Crippen LogP contribution in [0.2, 0.25) is 0 Å². The first-order valence-electron chi connectivity index (χ1n) is 14.7. The van der Waals surface area contributed by atoms with Crippen LogP contribution in [0.1, 0.15) is 42.7 Å². The molecule has 220 valence electrons. The molecule has 3 atom stereocenters. The van der Waals surface area contributed by atoms with Gasteiger partial charge in [0.15, 0.2) is 11.5 Å². The van der Waals surface area contributed by atoms with Gasteiger partial charge in [0.25, 0.3) is 0 Å². The highest BCUT2D eigenvalue weighted by Gasteiger charge is 2.43. The number of piperidine rings is 1. The van der Waals surface area contributed by atoms with E-state index in [1.54, 1.807) is 16.9 Å². The van der Waals surface area contributed by atoms with Gasteiger partial charge in [-0.05, 0) is 94.1 Å². The van der Waals surface area contributed by atoms with Gasteiger partial charge in [-0.15, -0.1) is 0 Å². The summed E-state index contributed by atoms with van der Waals surface area (Å²) in [5, 5.41) is 12.2. The number of ether oxygens (including phenoxy) is 1. The standard InChI is InChI=1S/C32H35N9O2/c1-21-15-23(6-9-28(21)43-26-10-13-39-29(18-26)33-19-35-39)37-32-31-27(11-14-40(31)36-20-34-32)22-16-24-7-8-25(17-22)41(24)30(42)5-4-12-38(2)3/h4-6,9-11,13-15,18-20,22,24-25H,7-8,12,16-17H2,1-3H3,(H,34,36,37)/b5-4+/t22-,24-,25+. The number of aryl methyl sites for hydroxylation is 1. The topological polar surface area (TPSA) is 105 Å². The Morgan fingerprint density at radius 3 is 2.58 bits per heavy atom. The number of amides is 1. The van der Waals surface area contributed by atoms with Crippen LogP contribution < -0.4 is 10.1 Å². The molecule has 5 aromatic rings. The van der Waals surface area contributed by atoms with E-state index >= 15 is 0 Å². The lowest BCUT2D eigenvalue weighted by Crippen LogP contribution is -2.45. The fourth-order valence-corrected chi connectivity index (χ4v) is 6.61. The maximum atomic E-state index is 13.1. The van der Waals surface area contributed by atoms with Gasteiger partial charge in [-0.2, -0.15) is 10.2 Å². The lowest BCUT2D eigenvalue weighted by Gasteiger charge is -2.38. The Hall–Kier alpha value is -4.77. The van der Waals surface area contributed by atoms with E-state index in [-0.39, 0.29) is 18.0 Å². The van der Waals surface area contributed by atoms with Gasteiger partial charge in [-0.1, -0.05) is 6.08 Å². The molecule has 1 N–H and O–H groups in total. The van der Waals surface area contributed by atoms with E-state index in [9.17, 15) is 4.79 Å². The molecule has 1 aromatic carbocycles. The number of likely N-dealkylation sites (N-methyl/N-ethyl adjacent to an activating group) is 1. The minimum atomic E-state index is 0.141. The summed E-state index contributed by atoms with van der Waals surface area (Å²) in [5.41, 5.74) is 4.84. The zero-order valence-corrected chi connectivity index (χ0v) is 24.6. The van der Waals surface area contributed by atoms with Crippen LogP contribution in [0, 0.1) is 6.92 Å². The lowest BCUT2D eigenvalue weighted by molar-refractivity contribution is -0.130. The molecule has 0 saturated carbocycles. The van der Waals surface area contributed by atoms with Crippen LogP contribution in [0.25, 0.3) is 11.2 Å². The maximum Gasteiger partial charge on any atom is 0.246 e. The molecule has 2 aliphatic heterocycles. The molecule has 6 heterocycles. The Labute approximate surface area is 249 Å². The van der Waals surface area contributed by atoms with Crippen molar-refractivity contribution in [1.82, 2.24) is 39.0 Å². The number of nitrogens with one attached hydrogen (secondary N) is 1. The SMILES string of the molecule is Cc1cc(Nc2ncnn3ccc([C@@H]4C[C@H]5CC[C@@H](C4)N5C(=O)/C=C/CN(C)C)c23)ccc1Oc1ccn2ncnc2c1. The third-order valence-corrected chi connectivity index (χ3v) is 8.56. The number of hydrogen-bond donors (Lipinski definition) is 1. The Bertz CT molecular complexity index is 1810. The summed E-state index contributed by atoms with van der Waals surface area (Å²) in [5.74, 6) is 2.70. The highest BCUT2D eigenvalue weighted by Crippen LogP contribution is 2.45. The van der Waals surface area contributed by atoms with Gasteiger partial charge in [-0.25, -0.2) is 19.0 Å². The molecule has 1 amide bonds. The van der Waals surface area contributed by atoms with Crippen molar-refractivity contribution in [1.29, 1.82) is 0 Å². The normalized spacial score (nSPS) is 20.1. The van der Waals surface area contributed by atoms with Gasteiger partial charge in [0.1, 0.15) is 29.7 Å². The maximum absolute atomic E-state index is 13.1. The summed E-state index contributed by atoms with van der Waals surface area (Å²) < 4.78 is 9.76. The molecule has 11 heteroatoms. The number of anilines is 2. The number of fused-ring (bicyclic) bond motifs is 4. The second-order valence-electron chi connectivity index (χ2n) is 11.8. The molecule has 4 aromatic heterocycles. The lowest BCUT2D eigenvalue weighted by atomic mass is 9.85. The summed E-state index contributed by atoms with van der Waals surface area (Å²) in [6, 6.07) is 12.4. The second-order valence-corrected chi connectivity index (χ2v) is 11.8. The van der Waals surface area contributed by atoms with Crippen molar-refractivity contribution in [3.8, 4) is 11.5 Å². The zero-order valence-electron chi connectivity index (χ0n) is 24.6. The van der Waals surface area contributed by atoms with Crippen molar-refractivity contribution in [2.24, 2.45) is 0 Å². The Kier molecular flexibility index (Phi) is 7.02. The minimum Gasteiger partial charge on any atom is -0.457 e. The smallest absolute Gasteiger partial charge is 0.246 e. The molecule has 43 heavy (non-hydrogen) atoms. The molecule has 2 aliphatic rings. The predicted octanol–water partition coefficient (Wildman–Crippen LogP) is 4.97. The van der Waals surface area contributed by atoms with Crippen LogP contribution in [0.3, 0.4) is 0 Å². The molecule has 0 unspecified atom stereocenters. The summed E-state index contributed by atoms with van der Waals surface area (Å²) in [6.07, 6.45) is 14.7.